The number of hydrogen-bond acceptors (Lipinski definition) is 7. The summed E-state index contributed by atoms with van der Waals surface area (Å²) in [6, 6.07) is 19.9. The minimum absolute atomic E-state index is 0.207. The summed E-state index contributed by atoms with van der Waals surface area (Å²) in [5.74, 6) is 0.207. The largest absolute Gasteiger partial charge is 0.422 e. The molecule has 0 saturated carbocycles. The zero-order chi connectivity index (χ0) is 22.8. The van der Waals surface area contributed by atoms with Gasteiger partial charge in [-0.3, -0.25) is 9.78 Å². The van der Waals surface area contributed by atoms with Gasteiger partial charge in [-0.15, -0.1) is 0 Å². The highest BCUT2D eigenvalue weighted by atomic mass is 16.4. The summed E-state index contributed by atoms with van der Waals surface area (Å²) in [6.07, 6.45) is 3.27. The van der Waals surface area contributed by atoms with E-state index in [1.807, 2.05) is 48.5 Å². The lowest BCUT2D eigenvalue weighted by atomic mass is 10.1. The van der Waals surface area contributed by atoms with Crippen LogP contribution in [0.1, 0.15) is 11.3 Å². The first-order valence-electron chi connectivity index (χ1n) is 10.1. The van der Waals surface area contributed by atoms with E-state index >= 15 is 0 Å². The number of hydrazone groups is 1. The Kier molecular flexibility index (Phi) is 5.12. The Hall–Kier alpha value is -4.79. The Morgan fingerprint density at radius 2 is 1.85 bits per heavy atom. The van der Waals surface area contributed by atoms with Crippen molar-refractivity contribution in [2.75, 3.05) is 5.43 Å². The SMILES string of the molecule is Cc1cc(=O)[nH]c(NN=Cc2cn(-c3ccccc3)nc2-c2cc3ccccc3oc2=O)n1. The van der Waals surface area contributed by atoms with Crippen LogP contribution < -0.4 is 16.6 Å². The summed E-state index contributed by atoms with van der Waals surface area (Å²) < 4.78 is 7.17. The minimum atomic E-state index is -0.501. The van der Waals surface area contributed by atoms with Gasteiger partial charge >= 0.3 is 5.63 Å². The smallest absolute Gasteiger partial charge is 0.345 e. The number of aromatic nitrogens is 4. The predicted molar refractivity (Wildman–Crippen MR) is 126 cm³/mol. The van der Waals surface area contributed by atoms with Gasteiger partial charge < -0.3 is 4.42 Å². The molecule has 5 aromatic rings. The molecular weight excluding hydrogens is 420 g/mol. The first kappa shape index (κ1) is 20.1. The van der Waals surface area contributed by atoms with E-state index in [0.29, 0.717) is 28.1 Å². The number of fused-ring (bicyclic) bond motifs is 1. The van der Waals surface area contributed by atoms with Crippen molar-refractivity contribution in [3.63, 3.8) is 0 Å². The number of benzene rings is 2. The molecule has 0 atom stereocenters. The van der Waals surface area contributed by atoms with E-state index in [1.54, 1.807) is 29.9 Å². The third-order valence-electron chi connectivity index (χ3n) is 4.90. The second-order valence-corrected chi connectivity index (χ2v) is 7.30. The Morgan fingerprint density at radius 1 is 1.06 bits per heavy atom. The van der Waals surface area contributed by atoms with Crippen molar-refractivity contribution in [2.24, 2.45) is 5.10 Å². The van der Waals surface area contributed by atoms with Gasteiger partial charge in [0.25, 0.3) is 5.56 Å². The third kappa shape index (κ3) is 4.19. The number of hydrogen-bond donors (Lipinski definition) is 2. The van der Waals surface area contributed by atoms with E-state index in [2.05, 4.69) is 25.6 Å². The Morgan fingerprint density at radius 3 is 2.67 bits per heavy atom. The summed E-state index contributed by atoms with van der Waals surface area (Å²) in [5.41, 5.74) is 5.10. The number of H-pyrrole nitrogens is 1. The zero-order valence-electron chi connectivity index (χ0n) is 17.5. The third-order valence-corrected chi connectivity index (χ3v) is 4.90. The van der Waals surface area contributed by atoms with Gasteiger partial charge in [0.05, 0.1) is 17.5 Å². The van der Waals surface area contributed by atoms with Crippen LogP contribution in [0.15, 0.2) is 92.0 Å². The molecule has 0 fully saturated rings. The van der Waals surface area contributed by atoms with Gasteiger partial charge in [-0.25, -0.2) is 19.9 Å². The van der Waals surface area contributed by atoms with E-state index in [0.717, 1.165) is 11.1 Å². The highest BCUT2D eigenvalue weighted by Crippen LogP contribution is 2.23. The molecule has 33 heavy (non-hydrogen) atoms. The van der Waals surface area contributed by atoms with Crippen molar-refractivity contribution in [3.05, 3.63) is 105 Å². The second kappa shape index (κ2) is 8.39. The van der Waals surface area contributed by atoms with Gasteiger partial charge in [-0.1, -0.05) is 36.4 Å². The van der Waals surface area contributed by atoms with Gasteiger partial charge in [0.1, 0.15) is 11.3 Å². The number of nitrogens with zero attached hydrogens (tertiary/aromatic N) is 4. The molecule has 3 aromatic heterocycles. The maximum Gasteiger partial charge on any atom is 0.345 e. The van der Waals surface area contributed by atoms with Crippen molar-refractivity contribution in [2.45, 2.75) is 6.92 Å². The van der Waals surface area contributed by atoms with Crippen LogP contribution in [0.5, 0.6) is 0 Å². The lowest BCUT2D eigenvalue weighted by Crippen LogP contribution is -2.10. The Balaban J connectivity index is 1.59. The Bertz CT molecular complexity index is 1600. The molecule has 0 bridgehead atoms. The van der Waals surface area contributed by atoms with Crippen molar-refractivity contribution in [1.29, 1.82) is 0 Å². The molecule has 0 radical (unpaired) electrons. The molecule has 0 saturated heterocycles. The number of aryl methyl sites for hydroxylation is 1. The van der Waals surface area contributed by atoms with Gasteiger partial charge in [-0.2, -0.15) is 10.2 Å². The standard InChI is InChI=1S/C24H18N6O3/c1-15-11-21(31)27-24(26-15)28-25-13-17-14-30(18-8-3-2-4-9-18)29-22(17)19-12-16-7-5-6-10-20(16)33-23(19)32/h2-14H,1H3,(H2,26,27,28,31). The fraction of sp³-hybridized carbons (Fsp3) is 0.0417. The number of rotatable bonds is 5. The van der Waals surface area contributed by atoms with Crippen LogP contribution in [0.2, 0.25) is 0 Å². The van der Waals surface area contributed by atoms with E-state index < -0.39 is 5.63 Å². The maximum absolute atomic E-state index is 12.8. The predicted octanol–water partition coefficient (Wildman–Crippen LogP) is 3.48. The topological polar surface area (TPSA) is 118 Å². The molecule has 3 heterocycles. The molecule has 0 aliphatic rings. The molecule has 162 valence electrons. The summed E-state index contributed by atoms with van der Waals surface area (Å²) >= 11 is 0. The minimum Gasteiger partial charge on any atom is -0.422 e. The lowest BCUT2D eigenvalue weighted by molar-refractivity contribution is 0.563. The zero-order valence-corrected chi connectivity index (χ0v) is 17.5. The molecule has 9 nitrogen and oxygen atoms in total. The highest BCUT2D eigenvalue weighted by Gasteiger charge is 2.16. The second-order valence-electron chi connectivity index (χ2n) is 7.30. The van der Waals surface area contributed by atoms with Gasteiger partial charge in [0.2, 0.25) is 5.95 Å². The highest BCUT2D eigenvalue weighted by molar-refractivity contribution is 5.91. The fourth-order valence-corrected chi connectivity index (χ4v) is 3.43. The van der Waals surface area contributed by atoms with Crippen LogP contribution in [-0.2, 0) is 0 Å². The van der Waals surface area contributed by atoms with E-state index in [-0.39, 0.29) is 11.5 Å². The average Bonchev–Trinajstić information content (AvgIpc) is 3.22. The molecule has 2 N–H and O–H groups in total. The lowest BCUT2D eigenvalue weighted by Gasteiger charge is -2.02. The summed E-state index contributed by atoms with van der Waals surface area (Å²) in [5, 5.41) is 9.60. The van der Waals surface area contributed by atoms with Crippen LogP contribution in [0.3, 0.4) is 0 Å². The number of anilines is 1. The normalized spacial score (nSPS) is 11.3. The molecule has 0 amide bonds. The molecule has 0 aliphatic carbocycles. The van der Waals surface area contributed by atoms with Gasteiger partial charge in [-0.05, 0) is 31.2 Å². The van der Waals surface area contributed by atoms with Crippen molar-refractivity contribution < 1.29 is 4.42 Å². The van der Waals surface area contributed by atoms with Crippen LogP contribution in [0.4, 0.5) is 5.95 Å². The number of nitrogens with one attached hydrogen (secondary N) is 2. The quantitative estimate of drug-likeness (QED) is 0.246. The molecule has 0 unspecified atom stereocenters. The molecule has 0 spiro atoms. The number of aromatic amines is 1. The van der Waals surface area contributed by atoms with E-state index in [4.69, 9.17) is 4.42 Å². The number of para-hydroxylation sites is 2. The van der Waals surface area contributed by atoms with Crippen molar-refractivity contribution >= 4 is 23.1 Å². The fourth-order valence-electron chi connectivity index (χ4n) is 3.43. The van der Waals surface area contributed by atoms with Gasteiger partial charge in [0, 0.05) is 28.9 Å². The van der Waals surface area contributed by atoms with Gasteiger partial charge in [0.15, 0.2) is 0 Å². The van der Waals surface area contributed by atoms with E-state index in [9.17, 15) is 9.59 Å². The summed E-state index contributed by atoms with van der Waals surface area (Å²) in [4.78, 5) is 31.2. The monoisotopic (exact) mass is 438 g/mol. The molecule has 0 aliphatic heterocycles. The van der Waals surface area contributed by atoms with E-state index in [1.165, 1.54) is 12.3 Å². The molecule has 9 heteroatoms. The maximum atomic E-state index is 12.8. The van der Waals surface area contributed by atoms with Crippen LogP contribution in [0, 0.1) is 6.92 Å². The van der Waals surface area contributed by atoms with Crippen molar-refractivity contribution in [1.82, 2.24) is 19.7 Å². The molecule has 2 aromatic carbocycles. The molecule has 5 rings (SSSR count). The summed E-state index contributed by atoms with van der Waals surface area (Å²) in [7, 11) is 0. The first-order chi connectivity index (χ1) is 16.1. The van der Waals surface area contributed by atoms with Crippen LogP contribution >= 0.6 is 0 Å². The van der Waals surface area contributed by atoms with Crippen LogP contribution in [0.25, 0.3) is 27.9 Å². The Labute approximate surface area is 187 Å². The summed E-state index contributed by atoms with van der Waals surface area (Å²) in [6.45, 7) is 1.71. The average molecular weight is 438 g/mol. The van der Waals surface area contributed by atoms with Crippen LogP contribution in [-0.4, -0.2) is 26.0 Å². The van der Waals surface area contributed by atoms with Crippen molar-refractivity contribution in [3.8, 4) is 16.9 Å². The first-order valence-corrected chi connectivity index (χ1v) is 10.1. The molecular formula is C24H18N6O3.